The highest BCUT2D eigenvalue weighted by atomic mass is 16.5. The van der Waals surface area contributed by atoms with Crippen LogP contribution in [0.4, 0.5) is 5.82 Å². The van der Waals surface area contributed by atoms with Crippen LogP contribution in [0.3, 0.4) is 0 Å². The summed E-state index contributed by atoms with van der Waals surface area (Å²) < 4.78 is 5.13. The van der Waals surface area contributed by atoms with Crippen molar-refractivity contribution in [3.05, 3.63) is 48.2 Å². The van der Waals surface area contributed by atoms with E-state index in [9.17, 15) is 0 Å². The number of H-pyrrole nitrogens is 1. The molecule has 2 N–H and O–H groups in total. The van der Waals surface area contributed by atoms with Gasteiger partial charge in [-0.2, -0.15) is 5.10 Å². The predicted molar refractivity (Wildman–Crippen MR) is 74.2 cm³/mol. The van der Waals surface area contributed by atoms with E-state index in [1.807, 2.05) is 36.4 Å². The third kappa shape index (κ3) is 2.49. The number of hydrogen-bond acceptors (Lipinski definition) is 4. The first kappa shape index (κ1) is 11.5. The minimum absolute atomic E-state index is 0.719. The Balaban J connectivity index is 1.70. The number of rotatable bonds is 4. The second kappa shape index (κ2) is 4.97. The van der Waals surface area contributed by atoms with E-state index in [0.717, 1.165) is 29.1 Å². The summed E-state index contributed by atoms with van der Waals surface area (Å²) in [5.41, 5.74) is 1.96. The molecule has 0 saturated carbocycles. The summed E-state index contributed by atoms with van der Waals surface area (Å²) in [6.45, 7) is 0.719. The quantitative estimate of drug-likeness (QED) is 0.751. The van der Waals surface area contributed by atoms with Gasteiger partial charge in [0.25, 0.3) is 0 Å². The molecule has 5 heteroatoms. The Morgan fingerprint density at radius 2 is 2.00 bits per heavy atom. The number of anilines is 1. The van der Waals surface area contributed by atoms with Crippen LogP contribution in [0.2, 0.25) is 0 Å². The Hall–Kier alpha value is -2.56. The van der Waals surface area contributed by atoms with Crippen molar-refractivity contribution < 1.29 is 4.74 Å². The SMILES string of the molecule is COc1ccc(CNc2ccc3cn[nH]c3n2)cc1. The molecule has 0 amide bonds. The summed E-state index contributed by atoms with van der Waals surface area (Å²) in [6, 6.07) is 11.9. The molecule has 96 valence electrons. The van der Waals surface area contributed by atoms with Crippen molar-refractivity contribution in [2.45, 2.75) is 6.54 Å². The van der Waals surface area contributed by atoms with Crippen molar-refractivity contribution >= 4 is 16.9 Å². The van der Waals surface area contributed by atoms with Gasteiger partial charge in [0.15, 0.2) is 5.65 Å². The number of benzene rings is 1. The Morgan fingerprint density at radius 3 is 2.79 bits per heavy atom. The second-order valence-corrected chi connectivity index (χ2v) is 4.21. The molecule has 2 heterocycles. The van der Waals surface area contributed by atoms with Crippen molar-refractivity contribution in [3.8, 4) is 5.75 Å². The average Bonchev–Trinajstić information content (AvgIpc) is 2.93. The molecule has 0 saturated heterocycles. The number of fused-ring (bicyclic) bond motifs is 1. The molecule has 0 spiro atoms. The molecule has 19 heavy (non-hydrogen) atoms. The van der Waals surface area contributed by atoms with E-state index < -0.39 is 0 Å². The van der Waals surface area contributed by atoms with Gasteiger partial charge in [-0.15, -0.1) is 0 Å². The van der Waals surface area contributed by atoms with Gasteiger partial charge in [0.2, 0.25) is 0 Å². The van der Waals surface area contributed by atoms with Crippen LogP contribution in [0.25, 0.3) is 11.0 Å². The minimum atomic E-state index is 0.719. The number of ether oxygens (including phenoxy) is 1. The van der Waals surface area contributed by atoms with Crippen molar-refractivity contribution in [2.24, 2.45) is 0 Å². The lowest BCUT2D eigenvalue weighted by Crippen LogP contribution is -2.01. The summed E-state index contributed by atoms with van der Waals surface area (Å²) in [5.74, 6) is 1.69. The van der Waals surface area contributed by atoms with Crippen molar-refractivity contribution in [1.82, 2.24) is 15.2 Å². The smallest absolute Gasteiger partial charge is 0.157 e. The molecule has 5 nitrogen and oxygen atoms in total. The number of aromatic nitrogens is 3. The molecule has 3 aromatic rings. The third-order valence-corrected chi connectivity index (χ3v) is 2.93. The first-order chi connectivity index (χ1) is 9.35. The van der Waals surface area contributed by atoms with Crippen LogP contribution in [0, 0.1) is 0 Å². The predicted octanol–water partition coefficient (Wildman–Crippen LogP) is 2.58. The van der Waals surface area contributed by atoms with E-state index in [1.165, 1.54) is 5.56 Å². The highest BCUT2D eigenvalue weighted by Crippen LogP contribution is 2.14. The van der Waals surface area contributed by atoms with Crippen LogP contribution < -0.4 is 10.1 Å². The fourth-order valence-corrected chi connectivity index (χ4v) is 1.86. The Morgan fingerprint density at radius 1 is 1.16 bits per heavy atom. The zero-order valence-corrected chi connectivity index (χ0v) is 10.6. The van der Waals surface area contributed by atoms with Gasteiger partial charge >= 0.3 is 0 Å². The maximum Gasteiger partial charge on any atom is 0.157 e. The summed E-state index contributed by atoms with van der Waals surface area (Å²) in [7, 11) is 1.66. The van der Waals surface area contributed by atoms with Crippen LogP contribution in [0.15, 0.2) is 42.6 Å². The zero-order valence-electron chi connectivity index (χ0n) is 10.6. The van der Waals surface area contributed by atoms with Crippen LogP contribution >= 0.6 is 0 Å². The molecular weight excluding hydrogens is 240 g/mol. The first-order valence-electron chi connectivity index (χ1n) is 6.02. The Kier molecular flexibility index (Phi) is 3.02. The van der Waals surface area contributed by atoms with Gasteiger partial charge in [0.05, 0.1) is 13.3 Å². The van der Waals surface area contributed by atoms with E-state index in [0.29, 0.717) is 0 Å². The van der Waals surface area contributed by atoms with Crippen LogP contribution in [0.1, 0.15) is 5.56 Å². The number of methoxy groups -OCH3 is 1. The van der Waals surface area contributed by atoms with Gasteiger partial charge in [0, 0.05) is 11.9 Å². The Labute approximate surface area is 110 Å². The number of hydrogen-bond donors (Lipinski definition) is 2. The maximum atomic E-state index is 5.13. The third-order valence-electron chi connectivity index (χ3n) is 2.93. The molecule has 1 aromatic carbocycles. The van der Waals surface area contributed by atoms with Crippen LogP contribution in [-0.4, -0.2) is 22.3 Å². The molecule has 2 aromatic heterocycles. The van der Waals surface area contributed by atoms with E-state index in [-0.39, 0.29) is 0 Å². The summed E-state index contributed by atoms with van der Waals surface area (Å²) in [5, 5.41) is 11.1. The lowest BCUT2D eigenvalue weighted by molar-refractivity contribution is 0.414. The summed E-state index contributed by atoms with van der Waals surface area (Å²) >= 11 is 0. The molecule has 0 bridgehead atoms. The zero-order chi connectivity index (χ0) is 13.1. The van der Waals surface area contributed by atoms with E-state index in [4.69, 9.17) is 4.74 Å². The topological polar surface area (TPSA) is 62.8 Å². The molecule has 0 aliphatic rings. The molecule has 0 aliphatic heterocycles. The van der Waals surface area contributed by atoms with Gasteiger partial charge < -0.3 is 10.1 Å². The number of aromatic amines is 1. The number of pyridine rings is 1. The molecule has 0 atom stereocenters. The highest BCUT2D eigenvalue weighted by Gasteiger charge is 2.00. The van der Waals surface area contributed by atoms with Crippen LogP contribution in [-0.2, 0) is 6.54 Å². The standard InChI is InChI=1S/C14H14N4O/c1-19-12-5-2-10(3-6-12)8-15-13-7-4-11-9-16-18-14(11)17-13/h2-7,9H,8H2,1H3,(H2,15,16,17,18). The van der Waals surface area contributed by atoms with Gasteiger partial charge in [0.1, 0.15) is 11.6 Å². The molecule has 0 aliphatic carbocycles. The second-order valence-electron chi connectivity index (χ2n) is 4.21. The van der Waals surface area contributed by atoms with Gasteiger partial charge in [-0.1, -0.05) is 12.1 Å². The average molecular weight is 254 g/mol. The minimum Gasteiger partial charge on any atom is -0.497 e. The molecule has 0 unspecified atom stereocenters. The molecule has 0 radical (unpaired) electrons. The molecule has 0 fully saturated rings. The first-order valence-corrected chi connectivity index (χ1v) is 6.02. The van der Waals surface area contributed by atoms with Gasteiger partial charge in [-0.3, -0.25) is 5.10 Å². The van der Waals surface area contributed by atoms with Gasteiger partial charge in [-0.25, -0.2) is 4.98 Å². The fourth-order valence-electron chi connectivity index (χ4n) is 1.86. The van der Waals surface area contributed by atoms with Crippen molar-refractivity contribution in [1.29, 1.82) is 0 Å². The summed E-state index contributed by atoms with van der Waals surface area (Å²) in [6.07, 6.45) is 1.76. The molecule has 3 rings (SSSR count). The lowest BCUT2D eigenvalue weighted by Gasteiger charge is -2.06. The van der Waals surface area contributed by atoms with E-state index >= 15 is 0 Å². The van der Waals surface area contributed by atoms with E-state index in [1.54, 1.807) is 13.3 Å². The fraction of sp³-hybridized carbons (Fsp3) is 0.143. The number of nitrogens with one attached hydrogen (secondary N) is 2. The summed E-state index contributed by atoms with van der Waals surface area (Å²) in [4.78, 5) is 4.43. The normalized spacial score (nSPS) is 10.6. The van der Waals surface area contributed by atoms with Crippen molar-refractivity contribution in [2.75, 3.05) is 12.4 Å². The lowest BCUT2D eigenvalue weighted by atomic mass is 10.2. The molecular formula is C14H14N4O. The number of nitrogens with zero attached hydrogens (tertiary/aromatic N) is 2. The Bertz CT molecular complexity index is 675. The highest BCUT2D eigenvalue weighted by molar-refractivity contribution is 5.75. The largest absolute Gasteiger partial charge is 0.497 e. The van der Waals surface area contributed by atoms with Crippen molar-refractivity contribution in [3.63, 3.8) is 0 Å². The van der Waals surface area contributed by atoms with Crippen LogP contribution in [0.5, 0.6) is 5.75 Å². The van der Waals surface area contributed by atoms with Gasteiger partial charge in [-0.05, 0) is 29.8 Å². The monoisotopic (exact) mass is 254 g/mol. The van der Waals surface area contributed by atoms with E-state index in [2.05, 4.69) is 20.5 Å². The maximum absolute atomic E-state index is 5.13.